The normalized spacial score (nSPS) is 16.0. The van der Waals surface area contributed by atoms with Crippen LogP contribution in [0.5, 0.6) is 5.75 Å². The van der Waals surface area contributed by atoms with E-state index in [1.807, 2.05) is 33.8 Å². The van der Waals surface area contributed by atoms with Crippen LogP contribution in [0.2, 0.25) is 0 Å². The molecular formula is C32H39F2N3O4. The van der Waals surface area contributed by atoms with Crippen LogP contribution in [-0.4, -0.2) is 46.3 Å². The van der Waals surface area contributed by atoms with Gasteiger partial charge in [-0.2, -0.15) is 0 Å². The SMILES string of the molecule is Cc1ncc(-c2ccc(OCCc3ccc(F)cc3F)cn2)c(N2CCC(C)(C)CC2)c1C(OC(C)(C)C)C(=O)O. The molecular weight excluding hydrogens is 528 g/mol. The molecule has 9 heteroatoms. The number of hydrogen-bond acceptors (Lipinski definition) is 6. The Hall–Kier alpha value is -3.59. The summed E-state index contributed by atoms with van der Waals surface area (Å²) >= 11 is 0. The third-order valence-electron chi connectivity index (χ3n) is 7.35. The van der Waals surface area contributed by atoms with Gasteiger partial charge in [-0.1, -0.05) is 19.9 Å². The Labute approximate surface area is 240 Å². The number of aliphatic carboxylic acids is 1. The number of benzene rings is 1. The fraction of sp³-hybridized carbons (Fsp3) is 0.469. The Morgan fingerprint density at radius 1 is 1.10 bits per heavy atom. The third kappa shape index (κ3) is 7.58. The van der Waals surface area contributed by atoms with Crippen LogP contribution in [0, 0.1) is 24.0 Å². The van der Waals surface area contributed by atoms with E-state index >= 15 is 0 Å². The lowest BCUT2D eigenvalue weighted by Gasteiger charge is -2.40. The second-order valence-electron chi connectivity index (χ2n) is 12.3. The Morgan fingerprint density at radius 2 is 1.80 bits per heavy atom. The molecule has 220 valence electrons. The molecule has 0 amide bonds. The summed E-state index contributed by atoms with van der Waals surface area (Å²) in [7, 11) is 0. The summed E-state index contributed by atoms with van der Waals surface area (Å²) in [6, 6.07) is 7.07. The summed E-state index contributed by atoms with van der Waals surface area (Å²) in [6.45, 7) is 13.5. The fourth-order valence-corrected chi connectivity index (χ4v) is 5.00. The van der Waals surface area contributed by atoms with E-state index in [1.165, 1.54) is 12.1 Å². The molecule has 0 radical (unpaired) electrons. The molecule has 3 aromatic rings. The zero-order valence-corrected chi connectivity index (χ0v) is 24.6. The number of carboxylic acid groups (broad SMARTS) is 1. The number of piperidine rings is 1. The molecule has 41 heavy (non-hydrogen) atoms. The van der Waals surface area contributed by atoms with E-state index in [-0.39, 0.29) is 18.4 Å². The zero-order chi connectivity index (χ0) is 29.9. The highest BCUT2D eigenvalue weighted by molar-refractivity contribution is 5.85. The molecule has 1 aromatic carbocycles. The molecule has 1 unspecified atom stereocenters. The molecule has 0 spiro atoms. The van der Waals surface area contributed by atoms with Crippen molar-refractivity contribution >= 4 is 11.7 Å². The van der Waals surface area contributed by atoms with Gasteiger partial charge in [0.25, 0.3) is 0 Å². The fourth-order valence-electron chi connectivity index (χ4n) is 5.00. The first-order valence-electron chi connectivity index (χ1n) is 13.9. The standard InChI is InChI=1S/C32H39F2N3O4/c1-20-27(29(30(38)39)41-31(2,3)4)28(37-14-12-32(5,6)13-15-37)24(19-35-20)26-10-9-23(18-36-26)40-16-11-21-7-8-22(33)17-25(21)34/h7-10,17-19,29H,11-16H2,1-6H3,(H,38,39). The Bertz CT molecular complexity index is 1380. The third-order valence-corrected chi connectivity index (χ3v) is 7.35. The van der Waals surface area contributed by atoms with Gasteiger partial charge in [-0.25, -0.2) is 13.6 Å². The average Bonchev–Trinajstić information content (AvgIpc) is 2.88. The number of ether oxygens (including phenoxy) is 2. The summed E-state index contributed by atoms with van der Waals surface area (Å²) in [4.78, 5) is 24.0. The number of anilines is 1. The molecule has 0 aliphatic carbocycles. The van der Waals surface area contributed by atoms with Gasteiger partial charge in [0.1, 0.15) is 17.4 Å². The minimum atomic E-state index is -1.21. The number of halogens is 2. The molecule has 2 aromatic heterocycles. The van der Waals surface area contributed by atoms with Crippen molar-refractivity contribution in [2.75, 3.05) is 24.6 Å². The van der Waals surface area contributed by atoms with Gasteiger partial charge >= 0.3 is 5.97 Å². The Balaban J connectivity index is 1.66. The monoisotopic (exact) mass is 567 g/mol. The van der Waals surface area contributed by atoms with Crippen molar-refractivity contribution in [1.82, 2.24) is 9.97 Å². The van der Waals surface area contributed by atoms with Gasteiger partial charge in [0, 0.05) is 48.6 Å². The molecule has 1 atom stereocenters. The summed E-state index contributed by atoms with van der Waals surface area (Å²) in [5.74, 6) is -1.80. The van der Waals surface area contributed by atoms with Crippen LogP contribution in [-0.2, 0) is 16.0 Å². The highest BCUT2D eigenvalue weighted by atomic mass is 19.1. The minimum absolute atomic E-state index is 0.194. The lowest BCUT2D eigenvalue weighted by molar-refractivity contribution is -0.160. The molecule has 1 aliphatic heterocycles. The highest BCUT2D eigenvalue weighted by Gasteiger charge is 2.36. The smallest absolute Gasteiger partial charge is 0.337 e. The van der Waals surface area contributed by atoms with Crippen molar-refractivity contribution in [2.45, 2.75) is 72.5 Å². The molecule has 4 rings (SSSR count). The van der Waals surface area contributed by atoms with Gasteiger partial charge in [-0.05, 0) is 69.7 Å². The quantitative estimate of drug-likeness (QED) is 0.300. The summed E-state index contributed by atoms with van der Waals surface area (Å²) in [5, 5.41) is 10.3. The van der Waals surface area contributed by atoms with Gasteiger partial charge in [-0.15, -0.1) is 0 Å². The number of aryl methyl sites for hydroxylation is 1. The van der Waals surface area contributed by atoms with Crippen LogP contribution in [0.1, 0.15) is 70.4 Å². The largest absolute Gasteiger partial charge is 0.492 e. The summed E-state index contributed by atoms with van der Waals surface area (Å²) < 4.78 is 39.0. The van der Waals surface area contributed by atoms with E-state index in [0.717, 1.165) is 37.7 Å². The maximum absolute atomic E-state index is 13.9. The van der Waals surface area contributed by atoms with Crippen LogP contribution >= 0.6 is 0 Å². The van der Waals surface area contributed by atoms with Crippen molar-refractivity contribution in [1.29, 1.82) is 0 Å². The van der Waals surface area contributed by atoms with Crippen LogP contribution in [0.25, 0.3) is 11.3 Å². The van der Waals surface area contributed by atoms with Crippen LogP contribution in [0.3, 0.4) is 0 Å². The molecule has 0 saturated carbocycles. The summed E-state index contributed by atoms with van der Waals surface area (Å²) in [6.07, 6.45) is 4.31. The molecule has 1 N–H and O–H groups in total. The van der Waals surface area contributed by atoms with Gasteiger partial charge in [-0.3, -0.25) is 9.97 Å². The number of hydrogen-bond donors (Lipinski definition) is 1. The second-order valence-corrected chi connectivity index (χ2v) is 12.3. The lowest BCUT2D eigenvalue weighted by Crippen LogP contribution is -2.39. The zero-order valence-electron chi connectivity index (χ0n) is 24.6. The molecule has 1 saturated heterocycles. The van der Waals surface area contributed by atoms with Crippen molar-refractivity contribution in [3.05, 3.63) is 71.2 Å². The van der Waals surface area contributed by atoms with E-state index in [0.29, 0.717) is 33.8 Å². The van der Waals surface area contributed by atoms with Gasteiger partial charge < -0.3 is 19.5 Å². The first-order chi connectivity index (χ1) is 19.2. The van der Waals surface area contributed by atoms with E-state index in [2.05, 4.69) is 28.7 Å². The maximum Gasteiger partial charge on any atom is 0.337 e. The van der Waals surface area contributed by atoms with Crippen molar-refractivity contribution in [3.8, 4) is 17.0 Å². The molecule has 3 heterocycles. The highest BCUT2D eigenvalue weighted by Crippen LogP contribution is 2.43. The number of rotatable bonds is 9. The number of aromatic nitrogens is 2. The van der Waals surface area contributed by atoms with Crippen LogP contribution in [0.15, 0.2) is 42.7 Å². The summed E-state index contributed by atoms with van der Waals surface area (Å²) in [5.41, 5.74) is 3.12. The Morgan fingerprint density at radius 3 is 2.39 bits per heavy atom. The minimum Gasteiger partial charge on any atom is -0.492 e. The van der Waals surface area contributed by atoms with E-state index in [9.17, 15) is 18.7 Å². The van der Waals surface area contributed by atoms with E-state index < -0.39 is 29.3 Å². The van der Waals surface area contributed by atoms with Gasteiger partial charge in [0.05, 0.1) is 29.8 Å². The first-order valence-corrected chi connectivity index (χ1v) is 13.9. The predicted molar refractivity (Wildman–Crippen MR) is 154 cm³/mol. The van der Waals surface area contributed by atoms with Gasteiger partial charge in [0.15, 0.2) is 6.10 Å². The lowest BCUT2D eigenvalue weighted by atomic mass is 9.82. The number of pyridine rings is 2. The number of carbonyl (C=O) groups is 1. The Kier molecular flexibility index (Phi) is 8.97. The number of carboxylic acids is 1. The van der Waals surface area contributed by atoms with Crippen LogP contribution < -0.4 is 9.64 Å². The molecule has 1 fully saturated rings. The number of nitrogens with zero attached hydrogens (tertiary/aromatic N) is 3. The first kappa shape index (κ1) is 30.4. The second kappa shape index (κ2) is 12.1. The van der Waals surface area contributed by atoms with Gasteiger partial charge in [0.2, 0.25) is 0 Å². The van der Waals surface area contributed by atoms with Crippen molar-refractivity contribution in [2.24, 2.45) is 5.41 Å². The maximum atomic E-state index is 13.9. The molecule has 1 aliphatic rings. The topological polar surface area (TPSA) is 84.8 Å². The predicted octanol–water partition coefficient (Wildman–Crippen LogP) is 6.92. The molecule has 0 bridgehead atoms. The van der Waals surface area contributed by atoms with Crippen molar-refractivity contribution in [3.63, 3.8) is 0 Å². The van der Waals surface area contributed by atoms with E-state index in [4.69, 9.17) is 9.47 Å². The molecule has 7 nitrogen and oxygen atoms in total. The van der Waals surface area contributed by atoms with Crippen molar-refractivity contribution < 1.29 is 28.2 Å². The average molecular weight is 568 g/mol. The van der Waals surface area contributed by atoms with E-state index in [1.54, 1.807) is 18.5 Å². The van der Waals surface area contributed by atoms with Crippen LogP contribution in [0.4, 0.5) is 14.5 Å².